The molecule has 1 aromatic heterocycles. The first-order valence-electron chi connectivity index (χ1n) is 18.6. The van der Waals surface area contributed by atoms with E-state index in [1.807, 2.05) is 0 Å². The summed E-state index contributed by atoms with van der Waals surface area (Å²) in [5, 5.41) is 12.6. The van der Waals surface area contributed by atoms with Crippen LogP contribution in [0.4, 0.5) is 17.1 Å². The van der Waals surface area contributed by atoms with E-state index in [1.54, 1.807) is 0 Å². The molecule has 0 aliphatic heterocycles. The molecule has 252 valence electrons. The summed E-state index contributed by atoms with van der Waals surface area (Å²) in [5.41, 5.74) is 9.51. The molecule has 0 aliphatic rings. The Hall–Kier alpha value is -7.16. The molecule has 0 N–H and O–H groups in total. The Morgan fingerprint density at radius 3 is 1.41 bits per heavy atom. The first-order chi connectivity index (χ1) is 26.8. The van der Waals surface area contributed by atoms with E-state index in [0.717, 1.165) is 17.1 Å². The lowest BCUT2D eigenvalue weighted by Crippen LogP contribution is -2.09. The summed E-state index contributed by atoms with van der Waals surface area (Å²) in [6.45, 7) is 0. The van der Waals surface area contributed by atoms with E-state index >= 15 is 0 Å². The lowest BCUT2D eigenvalue weighted by molar-refractivity contribution is 1.18. The quantitative estimate of drug-likeness (QED) is 0.164. The Morgan fingerprint density at radius 1 is 0.278 bits per heavy atom. The first-order valence-corrected chi connectivity index (χ1v) is 18.6. The van der Waals surface area contributed by atoms with Gasteiger partial charge in [-0.25, -0.2) is 0 Å². The highest BCUT2D eigenvalue weighted by Crippen LogP contribution is 2.40. The summed E-state index contributed by atoms with van der Waals surface area (Å²) in [6.07, 6.45) is 0. The minimum atomic E-state index is 1.14. The molecule has 0 aliphatic carbocycles. The van der Waals surface area contributed by atoms with Crippen molar-refractivity contribution in [1.29, 1.82) is 0 Å². The number of hydrogen-bond acceptors (Lipinski definition) is 1. The molecular weight excluding hydrogens is 653 g/mol. The van der Waals surface area contributed by atoms with Gasteiger partial charge in [-0.05, 0) is 133 Å². The van der Waals surface area contributed by atoms with Gasteiger partial charge in [0.05, 0.1) is 11.0 Å². The zero-order chi connectivity index (χ0) is 35.6. The molecule has 2 nitrogen and oxygen atoms in total. The predicted octanol–water partition coefficient (Wildman–Crippen LogP) is 14.5. The minimum absolute atomic E-state index is 1.14. The highest BCUT2D eigenvalue weighted by Gasteiger charge is 2.16. The molecule has 1 heterocycles. The largest absolute Gasteiger partial charge is 0.310 e. The van der Waals surface area contributed by atoms with Crippen molar-refractivity contribution in [1.82, 2.24) is 4.57 Å². The summed E-state index contributed by atoms with van der Waals surface area (Å²) < 4.78 is 2.39. The number of anilines is 3. The monoisotopic (exact) mass is 686 g/mol. The normalized spacial score (nSPS) is 11.7. The van der Waals surface area contributed by atoms with Gasteiger partial charge in [0.15, 0.2) is 0 Å². The second-order valence-corrected chi connectivity index (χ2v) is 14.2. The van der Waals surface area contributed by atoms with Crippen molar-refractivity contribution < 1.29 is 0 Å². The van der Waals surface area contributed by atoms with Crippen LogP contribution in [-0.4, -0.2) is 4.57 Å². The minimum Gasteiger partial charge on any atom is -0.310 e. The predicted molar refractivity (Wildman–Crippen MR) is 231 cm³/mol. The Kier molecular flexibility index (Phi) is 6.90. The van der Waals surface area contributed by atoms with E-state index in [1.165, 1.54) is 81.7 Å². The third kappa shape index (κ3) is 4.88. The van der Waals surface area contributed by atoms with Crippen LogP contribution in [0.2, 0.25) is 0 Å². The lowest BCUT2D eigenvalue weighted by Gasteiger charge is -2.25. The average molecular weight is 687 g/mol. The van der Waals surface area contributed by atoms with Gasteiger partial charge < -0.3 is 9.47 Å². The number of para-hydroxylation sites is 4. The van der Waals surface area contributed by atoms with Gasteiger partial charge in [-0.1, -0.05) is 127 Å². The van der Waals surface area contributed by atoms with Crippen molar-refractivity contribution in [3.8, 4) is 16.8 Å². The smallest absolute Gasteiger partial charge is 0.0547 e. The molecule has 0 radical (unpaired) electrons. The van der Waals surface area contributed by atoms with Gasteiger partial charge in [0, 0.05) is 33.5 Å². The highest BCUT2D eigenvalue weighted by atomic mass is 15.1. The third-order valence-electron chi connectivity index (χ3n) is 11.1. The van der Waals surface area contributed by atoms with Gasteiger partial charge in [0.1, 0.15) is 0 Å². The zero-order valence-electron chi connectivity index (χ0n) is 29.5. The van der Waals surface area contributed by atoms with Gasteiger partial charge >= 0.3 is 0 Å². The van der Waals surface area contributed by atoms with E-state index < -0.39 is 0 Å². The van der Waals surface area contributed by atoms with Crippen molar-refractivity contribution in [2.45, 2.75) is 0 Å². The summed E-state index contributed by atoms with van der Waals surface area (Å²) >= 11 is 0. The van der Waals surface area contributed by atoms with Crippen LogP contribution in [0.15, 0.2) is 206 Å². The lowest BCUT2D eigenvalue weighted by atomic mass is 9.94. The number of benzene rings is 10. The van der Waals surface area contributed by atoms with E-state index in [-0.39, 0.29) is 0 Å². The molecule has 0 unspecified atom stereocenters. The van der Waals surface area contributed by atoms with Crippen molar-refractivity contribution in [3.05, 3.63) is 206 Å². The van der Waals surface area contributed by atoms with Crippen LogP contribution < -0.4 is 4.90 Å². The molecular formula is C52H34N2. The number of hydrogen-bond donors (Lipinski definition) is 0. The van der Waals surface area contributed by atoms with Gasteiger partial charge in [-0.3, -0.25) is 0 Å². The topological polar surface area (TPSA) is 8.17 Å². The molecule has 0 bridgehead atoms. The average Bonchev–Trinajstić information content (AvgIpc) is 3.56. The maximum Gasteiger partial charge on any atom is 0.0547 e. The number of fused-ring (bicyclic) bond motifs is 9. The number of nitrogens with zero attached hydrogens (tertiary/aromatic N) is 2. The fraction of sp³-hybridized carbons (Fsp3) is 0. The van der Waals surface area contributed by atoms with Gasteiger partial charge in [-0.15, -0.1) is 0 Å². The second kappa shape index (κ2) is 12.2. The van der Waals surface area contributed by atoms with Crippen LogP contribution in [0.25, 0.3) is 81.7 Å². The van der Waals surface area contributed by atoms with Crippen molar-refractivity contribution in [2.24, 2.45) is 0 Å². The Morgan fingerprint density at radius 2 is 0.778 bits per heavy atom. The van der Waals surface area contributed by atoms with Crippen molar-refractivity contribution >= 4 is 82.0 Å². The molecule has 0 spiro atoms. The van der Waals surface area contributed by atoms with E-state index in [9.17, 15) is 0 Å². The number of rotatable bonds is 5. The Balaban J connectivity index is 0.987. The van der Waals surface area contributed by atoms with Crippen LogP contribution in [0.1, 0.15) is 0 Å². The molecule has 54 heavy (non-hydrogen) atoms. The maximum atomic E-state index is 2.40. The summed E-state index contributed by atoms with van der Waals surface area (Å²) in [4.78, 5) is 2.32. The van der Waals surface area contributed by atoms with E-state index in [0.29, 0.717) is 0 Å². The zero-order valence-corrected chi connectivity index (χ0v) is 29.5. The first kappa shape index (κ1) is 30.5. The molecule has 2 heteroatoms. The summed E-state index contributed by atoms with van der Waals surface area (Å²) in [5.74, 6) is 0. The van der Waals surface area contributed by atoms with Gasteiger partial charge in [0.2, 0.25) is 0 Å². The SMILES string of the molecule is c1ccc(N(c2ccccc2)c2ccc3c(ccc4cc(-c5ccc6c(ccc7cc8c(cc76)c6ccccc6n8-c6ccccc6)c5)ccc43)c2)cc1. The molecule has 10 aromatic carbocycles. The molecule has 11 rings (SSSR count). The van der Waals surface area contributed by atoms with Crippen LogP contribution in [0.3, 0.4) is 0 Å². The molecule has 0 atom stereocenters. The Bertz CT molecular complexity index is 3160. The van der Waals surface area contributed by atoms with Crippen LogP contribution in [0.5, 0.6) is 0 Å². The molecule has 0 saturated carbocycles. The van der Waals surface area contributed by atoms with Crippen LogP contribution >= 0.6 is 0 Å². The third-order valence-corrected chi connectivity index (χ3v) is 11.1. The van der Waals surface area contributed by atoms with E-state index in [2.05, 4.69) is 216 Å². The summed E-state index contributed by atoms with van der Waals surface area (Å²) in [6, 6.07) is 75.2. The Labute approximate surface area is 313 Å². The van der Waals surface area contributed by atoms with Crippen molar-refractivity contribution in [2.75, 3.05) is 4.90 Å². The standard InChI is InChI=1S/C52H34N2/c1-4-12-41(13-5-1)53(42-14-6-2-7-15-42)44-26-29-46-39(32-44)22-20-37-30-35(24-27-45(37)46)36-25-28-47-38(31-36)21-23-40-33-52-50(34-49(40)47)48-18-10-11-19-51(48)54(52)43-16-8-3-9-17-43/h1-34H. The van der Waals surface area contributed by atoms with Crippen molar-refractivity contribution in [3.63, 3.8) is 0 Å². The number of aromatic nitrogens is 1. The molecule has 0 amide bonds. The van der Waals surface area contributed by atoms with Crippen LogP contribution in [-0.2, 0) is 0 Å². The summed E-state index contributed by atoms with van der Waals surface area (Å²) in [7, 11) is 0. The highest BCUT2D eigenvalue weighted by molar-refractivity contribution is 6.19. The van der Waals surface area contributed by atoms with E-state index in [4.69, 9.17) is 0 Å². The maximum absolute atomic E-state index is 2.40. The molecule has 11 aromatic rings. The van der Waals surface area contributed by atoms with Gasteiger partial charge in [0.25, 0.3) is 0 Å². The molecule has 0 fully saturated rings. The van der Waals surface area contributed by atoms with Crippen LogP contribution in [0, 0.1) is 0 Å². The fourth-order valence-electron chi connectivity index (χ4n) is 8.54. The fourth-order valence-corrected chi connectivity index (χ4v) is 8.54. The van der Waals surface area contributed by atoms with Gasteiger partial charge in [-0.2, -0.15) is 0 Å². The molecule has 0 saturated heterocycles. The second-order valence-electron chi connectivity index (χ2n) is 14.2.